The zero-order chi connectivity index (χ0) is 20.6. The van der Waals surface area contributed by atoms with Crippen LogP contribution < -0.4 is 11.0 Å². The third-order valence-electron chi connectivity index (χ3n) is 6.66. The second kappa shape index (κ2) is 8.34. The fraction of sp³-hybridized carbons (Fsp3) is 0.591. The largest absolute Gasteiger partial charge is 0.370 e. The van der Waals surface area contributed by atoms with Crippen LogP contribution in [0.25, 0.3) is 0 Å². The molecule has 0 unspecified atom stereocenters. The third-order valence-corrected chi connectivity index (χ3v) is 8.00. The number of likely N-dealkylation sites (tertiary alicyclic amines) is 1. The number of fused-ring (bicyclic) bond motifs is 2. The summed E-state index contributed by atoms with van der Waals surface area (Å²) in [5, 5.41) is 2.11. The Balaban J connectivity index is 1.20. The van der Waals surface area contributed by atoms with Gasteiger partial charge < -0.3 is 14.7 Å². The number of thiophene rings is 1. The molecule has 0 amide bonds. The van der Waals surface area contributed by atoms with Gasteiger partial charge in [0.25, 0.3) is 0 Å². The first-order chi connectivity index (χ1) is 14.6. The normalized spacial score (nSPS) is 26.7. The second-order valence-electron chi connectivity index (χ2n) is 8.65. The molecule has 162 valence electrons. The Morgan fingerprint density at radius 1 is 1.37 bits per heavy atom. The van der Waals surface area contributed by atoms with Crippen LogP contribution in [-0.4, -0.2) is 51.7 Å². The number of aryl methyl sites for hydroxylation is 1. The highest BCUT2D eigenvalue weighted by Gasteiger charge is 2.44. The molecule has 2 aromatic rings. The first kappa shape index (κ1) is 20.1. The van der Waals surface area contributed by atoms with E-state index in [1.165, 1.54) is 16.1 Å². The zero-order valence-electron chi connectivity index (χ0n) is 17.9. The molecule has 1 fully saturated rings. The monoisotopic (exact) mass is 428 g/mol. The molecule has 3 aliphatic rings. The lowest BCUT2D eigenvalue weighted by atomic mass is 9.79. The maximum Gasteiger partial charge on any atom is 0.0969 e. The summed E-state index contributed by atoms with van der Waals surface area (Å²) < 4.78 is 8.58. The summed E-state index contributed by atoms with van der Waals surface area (Å²) in [6, 6.07) is 2.92. The number of nitrogens with zero attached hydrogens (tertiary/aromatic N) is 4. The molecule has 2 N–H and O–H groups in total. The van der Waals surface area contributed by atoms with Crippen molar-refractivity contribution < 1.29 is 4.74 Å². The number of hydrazine groups is 2. The molecule has 3 aliphatic heterocycles. The lowest BCUT2D eigenvalue weighted by Gasteiger charge is -2.47. The number of imidazole rings is 1. The summed E-state index contributed by atoms with van der Waals surface area (Å²) in [6.45, 7) is 9.26. The predicted molar refractivity (Wildman–Crippen MR) is 119 cm³/mol. The van der Waals surface area contributed by atoms with Crippen LogP contribution in [0.5, 0.6) is 0 Å². The molecule has 5 rings (SSSR count). The van der Waals surface area contributed by atoms with Crippen molar-refractivity contribution in [2.45, 2.75) is 57.7 Å². The van der Waals surface area contributed by atoms with Gasteiger partial charge >= 0.3 is 0 Å². The SMILES string of the molecule is CCc1cc2c(s1)CCO[C@@]21CCN(CC2=CN(CCn3ccnc3)NN2)[C@@H](C)C1. The fourth-order valence-electron chi connectivity index (χ4n) is 4.97. The average molecular weight is 429 g/mol. The molecule has 0 radical (unpaired) electrons. The van der Waals surface area contributed by atoms with E-state index in [0.717, 1.165) is 58.5 Å². The molecule has 30 heavy (non-hydrogen) atoms. The summed E-state index contributed by atoms with van der Waals surface area (Å²) in [5.74, 6) is 0. The highest BCUT2D eigenvalue weighted by atomic mass is 32.1. The molecule has 1 saturated heterocycles. The first-order valence-electron chi connectivity index (χ1n) is 11.1. The number of ether oxygens (including phenoxy) is 1. The van der Waals surface area contributed by atoms with Crippen molar-refractivity contribution in [1.82, 2.24) is 30.4 Å². The molecule has 5 heterocycles. The van der Waals surface area contributed by atoms with E-state index in [9.17, 15) is 0 Å². The van der Waals surface area contributed by atoms with E-state index in [1.54, 1.807) is 4.88 Å². The Bertz CT molecular complexity index is 894. The van der Waals surface area contributed by atoms with Crippen LogP contribution in [0.2, 0.25) is 0 Å². The van der Waals surface area contributed by atoms with Crippen LogP contribution in [0.4, 0.5) is 0 Å². The molecule has 0 saturated carbocycles. The minimum Gasteiger partial charge on any atom is -0.370 e. The smallest absolute Gasteiger partial charge is 0.0969 e. The Labute approximate surface area is 182 Å². The summed E-state index contributed by atoms with van der Waals surface area (Å²) in [4.78, 5) is 9.75. The van der Waals surface area contributed by atoms with Crippen LogP contribution >= 0.6 is 11.3 Å². The minimum absolute atomic E-state index is 0.0695. The summed E-state index contributed by atoms with van der Waals surface area (Å²) in [6.07, 6.45) is 12.2. The van der Waals surface area contributed by atoms with E-state index in [0.29, 0.717) is 6.04 Å². The van der Waals surface area contributed by atoms with Gasteiger partial charge in [-0.2, -0.15) is 0 Å². The van der Waals surface area contributed by atoms with Gasteiger partial charge in [0.05, 0.1) is 30.8 Å². The van der Waals surface area contributed by atoms with Crippen molar-refractivity contribution in [3.8, 4) is 0 Å². The summed E-state index contributed by atoms with van der Waals surface area (Å²) >= 11 is 2.00. The van der Waals surface area contributed by atoms with Crippen molar-refractivity contribution >= 4 is 11.3 Å². The number of hydrogen-bond donors (Lipinski definition) is 2. The van der Waals surface area contributed by atoms with Gasteiger partial charge in [0.2, 0.25) is 0 Å². The minimum atomic E-state index is -0.0695. The molecule has 8 heteroatoms. The van der Waals surface area contributed by atoms with E-state index < -0.39 is 0 Å². The lowest BCUT2D eigenvalue weighted by molar-refractivity contribution is -0.109. The third kappa shape index (κ3) is 3.89. The Kier molecular flexibility index (Phi) is 5.58. The Morgan fingerprint density at radius 3 is 3.10 bits per heavy atom. The average Bonchev–Trinajstić information content (AvgIpc) is 3.50. The predicted octanol–water partition coefficient (Wildman–Crippen LogP) is 2.63. The topological polar surface area (TPSA) is 57.6 Å². The lowest BCUT2D eigenvalue weighted by Crippen LogP contribution is -2.51. The molecule has 2 atom stereocenters. The zero-order valence-corrected chi connectivity index (χ0v) is 18.7. The van der Waals surface area contributed by atoms with Crippen LogP contribution in [0.15, 0.2) is 36.7 Å². The molecule has 7 nitrogen and oxygen atoms in total. The van der Waals surface area contributed by atoms with Gasteiger partial charge in [0, 0.05) is 60.4 Å². The molecule has 0 aromatic carbocycles. The number of hydrogen-bond acceptors (Lipinski definition) is 7. The van der Waals surface area contributed by atoms with Crippen LogP contribution in [0, 0.1) is 0 Å². The van der Waals surface area contributed by atoms with Gasteiger partial charge in [-0.25, -0.2) is 4.98 Å². The van der Waals surface area contributed by atoms with E-state index >= 15 is 0 Å². The Morgan fingerprint density at radius 2 is 2.30 bits per heavy atom. The molecule has 1 spiro atoms. The second-order valence-corrected chi connectivity index (χ2v) is 9.88. The van der Waals surface area contributed by atoms with Gasteiger partial charge in [0.15, 0.2) is 0 Å². The van der Waals surface area contributed by atoms with Crippen molar-refractivity contribution in [3.05, 3.63) is 52.0 Å². The first-order valence-corrected chi connectivity index (χ1v) is 11.9. The number of rotatable bonds is 6. The number of nitrogens with one attached hydrogen (secondary N) is 2. The van der Waals surface area contributed by atoms with E-state index in [4.69, 9.17) is 4.74 Å². The summed E-state index contributed by atoms with van der Waals surface area (Å²) in [5.41, 5.74) is 9.25. The molecule has 0 bridgehead atoms. The summed E-state index contributed by atoms with van der Waals surface area (Å²) in [7, 11) is 0. The number of piperidine rings is 1. The molecular weight excluding hydrogens is 396 g/mol. The van der Waals surface area contributed by atoms with Gasteiger partial charge in [-0.15, -0.1) is 16.9 Å². The van der Waals surface area contributed by atoms with Crippen molar-refractivity contribution in [2.75, 3.05) is 26.2 Å². The van der Waals surface area contributed by atoms with Gasteiger partial charge in [-0.3, -0.25) is 9.91 Å². The van der Waals surface area contributed by atoms with Gasteiger partial charge in [-0.05, 0) is 37.8 Å². The van der Waals surface area contributed by atoms with E-state index in [1.807, 2.05) is 30.1 Å². The van der Waals surface area contributed by atoms with Crippen LogP contribution in [0.3, 0.4) is 0 Å². The van der Waals surface area contributed by atoms with Crippen molar-refractivity contribution in [2.24, 2.45) is 0 Å². The number of aromatic nitrogens is 2. The van der Waals surface area contributed by atoms with Crippen molar-refractivity contribution in [1.29, 1.82) is 0 Å². The highest BCUT2D eigenvalue weighted by molar-refractivity contribution is 7.12. The standard InChI is InChI=1S/C22H32N6OS/c1-3-19-12-20-21(30-19)4-11-29-22(20)5-7-27(17(2)13-22)14-18-15-28(25-24-18)10-9-26-8-6-23-16-26/h6,8,12,15-17,24-25H,3-5,7,9-11,13-14H2,1-2H3/t17-,22+/m0/s1. The quantitative estimate of drug-likeness (QED) is 0.738. The Hall–Kier alpha value is -1.87. The maximum atomic E-state index is 6.49. The van der Waals surface area contributed by atoms with Crippen LogP contribution in [-0.2, 0) is 29.7 Å². The van der Waals surface area contributed by atoms with E-state index in [2.05, 4.69) is 56.5 Å². The molecule has 2 aromatic heterocycles. The molecular formula is C22H32N6OS. The van der Waals surface area contributed by atoms with Gasteiger partial charge in [-0.1, -0.05) is 6.92 Å². The van der Waals surface area contributed by atoms with E-state index in [-0.39, 0.29) is 5.60 Å². The van der Waals surface area contributed by atoms with Crippen LogP contribution in [0.1, 0.15) is 42.0 Å². The highest BCUT2D eigenvalue weighted by Crippen LogP contribution is 2.46. The van der Waals surface area contributed by atoms with Crippen molar-refractivity contribution in [3.63, 3.8) is 0 Å². The molecule has 0 aliphatic carbocycles. The fourth-order valence-corrected chi connectivity index (χ4v) is 6.15. The van der Waals surface area contributed by atoms with Gasteiger partial charge in [0.1, 0.15) is 0 Å². The maximum absolute atomic E-state index is 6.49.